The minimum absolute atomic E-state index is 0.0179. The molecule has 0 aliphatic heterocycles. The van der Waals surface area contributed by atoms with Gasteiger partial charge in [0.1, 0.15) is 6.04 Å². The zero-order chi connectivity index (χ0) is 22.1. The Kier molecular flexibility index (Phi) is 9.10. The van der Waals surface area contributed by atoms with E-state index in [1.165, 1.54) is 5.56 Å². The number of rotatable bonds is 10. The quantitative estimate of drug-likeness (QED) is 0.602. The van der Waals surface area contributed by atoms with E-state index in [1.807, 2.05) is 45.0 Å². The Morgan fingerprint density at radius 3 is 2.23 bits per heavy atom. The van der Waals surface area contributed by atoms with Crippen molar-refractivity contribution in [1.82, 2.24) is 10.2 Å². The van der Waals surface area contributed by atoms with Gasteiger partial charge in [0.25, 0.3) is 0 Å². The average Bonchev–Trinajstić information content (AvgIpc) is 2.73. The van der Waals surface area contributed by atoms with Gasteiger partial charge in [-0.2, -0.15) is 0 Å². The van der Waals surface area contributed by atoms with E-state index >= 15 is 0 Å². The van der Waals surface area contributed by atoms with Crippen LogP contribution in [0.1, 0.15) is 68.7 Å². The van der Waals surface area contributed by atoms with E-state index in [-0.39, 0.29) is 11.8 Å². The summed E-state index contributed by atoms with van der Waals surface area (Å²) in [5.74, 6) is 0.431. The zero-order valence-electron chi connectivity index (χ0n) is 19.1. The van der Waals surface area contributed by atoms with E-state index in [0.717, 1.165) is 16.7 Å². The minimum Gasteiger partial charge on any atom is -0.355 e. The summed E-state index contributed by atoms with van der Waals surface area (Å²) in [4.78, 5) is 27.7. The Bertz CT molecular complexity index is 827. The summed E-state index contributed by atoms with van der Waals surface area (Å²) in [5.41, 5.74) is 4.66. The van der Waals surface area contributed by atoms with Gasteiger partial charge in [-0.3, -0.25) is 9.59 Å². The lowest BCUT2D eigenvalue weighted by molar-refractivity contribution is -0.141. The monoisotopic (exact) mass is 408 g/mol. The molecule has 4 nitrogen and oxygen atoms in total. The Hall–Kier alpha value is -2.62. The maximum absolute atomic E-state index is 13.3. The molecule has 0 radical (unpaired) electrons. The first kappa shape index (κ1) is 23.7. The number of nitrogens with zero attached hydrogens (tertiary/aromatic N) is 1. The van der Waals surface area contributed by atoms with Gasteiger partial charge >= 0.3 is 0 Å². The van der Waals surface area contributed by atoms with Crippen LogP contribution in [0.5, 0.6) is 0 Å². The summed E-state index contributed by atoms with van der Waals surface area (Å²) in [7, 11) is 0. The van der Waals surface area contributed by atoms with Crippen LogP contribution in [0.2, 0.25) is 0 Å². The maximum atomic E-state index is 13.3. The highest BCUT2D eigenvalue weighted by atomic mass is 16.2. The van der Waals surface area contributed by atoms with Gasteiger partial charge in [-0.15, -0.1) is 0 Å². The molecule has 2 rings (SSSR count). The second-order valence-corrected chi connectivity index (χ2v) is 8.16. The molecule has 0 fully saturated rings. The Labute approximate surface area is 181 Å². The van der Waals surface area contributed by atoms with E-state index in [0.29, 0.717) is 38.3 Å². The van der Waals surface area contributed by atoms with Gasteiger partial charge in [0.15, 0.2) is 0 Å². The Morgan fingerprint density at radius 2 is 1.67 bits per heavy atom. The number of benzene rings is 2. The topological polar surface area (TPSA) is 49.4 Å². The molecule has 30 heavy (non-hydrogen) atoms. The van der Waals surface area contributed by atoms with Crippen LogP contribution >= 0.6 is 0 Å². The molecule has 0 saturated carbocycles. The molecule has 162 valence electrons. The molecule has 2 amide bonds. The molecule has 0 saturated heterocycles. The van der Waals surface area contributed by atoms with Gasteiger partial charge in [0, 0.05) is 19.5 Å². The predicted molar refractivity (Wildman–Crippen MR) is 123 cm³/mol. The second-order valence-electron chi connectivity index (χ2n) is 8.16. The van der Waals surface area contributed by atoms with E-state index in [2.05, 4.69) is 43.4 Å². The minimum atomic E-state index is -0.458. The average molecular weight is 409 g/mol. The fraction of sp³-hybridized carbons (Fsp3) is 0.462. The highest BCUT2D eigenvalue weighted by Gasteiger charge is 2.28. The molecule has 0 spiro atoms. The summed E-state index contributed by atoms with van der Waals surface area (Å²) >= 11 is 0. The highest BCUT2D eigenvalue weighted by molar-refractivity contribution is 5.87. The molecule has 1 unspecified atom stereocenters. The Morgan fingerprint density at radius 1 is 1.00 bits per heavy atom. The van der Waals surface area contributed by atoms with Crippen molar-refractivity contribution in [2.75, 3.05) is 6.54 Å². The van der Waals surface area contributed by atoms with Crippen molar-refractivity contribution < 1.29 is 9.59 Å². The number of hydrogen-bond donors (Lipinski definition) is 1. The molecule has 1 N–H and O–H groups in total. The van der Waals surface area contributed by atoms with Crippen molar-refractivity contribution in [3.05, 3.63) is 70.8 Å². The molecule has 2 aromatic rings. The van der Waals surface area contributed by atoms with Gasteiger partial charge in [-0.1, -0.05) is 69.3 Å². The van der Waals surface area contributed by atoms with Crippen LogP contribution in [0, 0.1) is 6.92 Å². The maximum Gasteiger partial charge on any atom is 0.242 e. The largest absolute Gasteiger partial charge is 0.355 e. The third-order valence-corrected chi connectivity index (χ3v) is 5.61. The van der Waals surface area contributed by atoms with Crippen LogP contribution in [-0.4, -0.2) is 29.3 Å². The van der Waals surface area contributed by atoms with Crippen LogP contribution < -0.4 is 5.32 Å². The molecular formula is C26H36N2O2. The number of amides is 2. The number of hydrogen-bond acceptors (Lipinski definition) is 2. The summed E-state index contributed by atoms with van der Waals surface area (Å²) in [6.07, 6.45) is 1.66. The van der Waals surface area contributed by atoms with Crippen molar-refractivity contribution in [2.45, 2.75) is 72.4 Å². The van der Waals surface area contributed by atoms with Gasteiger partial charge in [0.05, 0.1) is 0 Å². The Balaban J connectivity index is 2.18. The van der Waals surface area contributed by atoms with Gasteiger partial charge < -0.3 is 10.2 Å². The number of carbonyl (C=O) groups excluding carboxylic acids is 2. The SMILES string of the molecule is CCNC(=O)C(CC)N(Cc1ccccc1C)C(=O)CCc1ccc(C(C)C)cc1. The second kappa shape index (κ2) is 11.5. The van der Waals surface area contributed by atoms with Crippen molar-refractivity contribution in [1.29, 1.82) is 0 Å². The lowest BCUT2D eigenvalue weighted by Crippen LogP contribution is -2.49. The first-order chi connectivity index (χ1) is 14.4. The number of carbonyl (C=O) groups is 2. The van der Waals surface area contributed by atoms with Gasteiger partial charge in [-0.05, 0) is 54.9 Å². The van der Waals surface area contributed by atoms with E-state index < -0.39 is 6.04 Å². The molecule has 0 aromatic heterocycles. The summed E-state index contributed by atoms with van der Waals surface area (Å²) in [6, 6.07) is 16.1. The standard InChI is InChI=1S/C26H36N2O2/c1-6-24(26(30)27-7-2)28(18-23-11-9-8-10-20(23)5)25(29)17-14-21-12-15-22(16-13-21)19(3)4/h8-13,15-16,19,24H,6-7,14,17-18H2,1-5H3,(H,27,30). The first-order valence-electron chi connectivity index (χ1n) is 11.1. The summed E-state index contributed by atoms with van der Waals surface area (Å²) < 4.78 is 0. The fourth-order valence-corrected chi connectivity index (χ4v) is 3.65. The summed E-state index contributed by atoms with van der Waals surface area (Å²) in [5, 5.41) is 2.89. The van der Waals surface area contributed by atoms with E-state index in [4.69, 9.17) is 0 Å². The molecule has 0 heterocycles. The highest BCUT2D eigenvalue weighted by Crippen LogP contribution is 2.19. The molecular weight excluding hydrogens is 372 g/mol. The van der Waals surface area contributed by atoms with Crippen LogP contribution in [0.25, 0.3) is 0 Å². The van der Waals surface area contributed by atoms with Crippen LogP contribution in [-0.2, 0) is 22.6 Å². The molecule has 0 aliphatic carbocycles. The van der Waals surface area contributed by atoms with Gasteiger partial charge in [0.2, 0.25) is 11.8 Å². The van der Waals surface area contributed by atoms with Gasteiger partial charge in [-0.25, -0.2) is 0 Å². The molecule has 0 bridgehead atoms. The van der Waals surface area contributed by atoms with Crippen molar-refractivity contribution in [3.8, 4) is 0 Å². The predicted octanol–water partition coefficient (Wildman–Crippen LogP) is 4.99. The van der Waals surface area contributed by atoms with Crippen LogP contribution in [0.4, 0.5) is 0 Å². The molecule has 1 atom stereocenters. The fourth-order valence-electron chi connectivity index (χ4n) is 3.65. The van der Waals surface area contributed by atoms with Crippen LogP contribution in [0.15, 0.2) is 48.5 Å². The smallest absolute Gasteiger partial charge is 0.242 e. The third-order valence-electron chi connectivity index (χ3n) is 5.61. The number of aryl methyl sites for hydroxylation is 2. The normalized spacial score (nSPS) is 11.9. The number of nitrogens with one attached hydrogen (secondary N) is 1. The van der Waals surface area contributed by atoms with E-state index in [1.54, 1.807) is 4.90 Å². The summed E-state index contributed by atoms with van der Waals surface area (Å²) in [6.45, 7) is 11.3. The van der Waals surface area contributed by atoms with Crippen molar-refractivity contribution in [2.24, 2.45) is 0 Å². The zero-order valence-corrected chi connectivity index (χ0v) is 19.1. The lowest BCUT2D eigenvalue weighted by Gasteiger charge is -2.31. The number of likely N-dealkylation sites (N-methyl/N-ethyl adjacent to an activating group) is 1. The van der Waals surface area contributed by atoms with Crippen LogP contribution in [0.3, 0.4) is 0 Å². The third kappa shape index (κ3) is 6.45. The molecule has 0 aliphatic rings. The van der Waals surface area contributed by atoms with Crippen molar-refractivity contribution in [3.63, 3.8) is 0 Å². The first-order valence-corrected chi connectivity index (χ1v) is 11.1. The molecule has 4 heteroatoms. The van der Waals surface area contributed by atoms with E-state index in [9.17, 15) is 9.59 Å². The van der Waals surface area contributed by atoms with Crippen molar-refractivity contribution >= 4 is 11.8 Å². The molecule has 2 aromatic carbocycles. The lowest BCUT2D eigenvalue weighted by atomic mass is 10.00.